The molecule has 2 rings (SSSR count). The van der Waals surface area contributed by atoms with E-state index in [4.69, 9.17) is 52.1 Å². The molecule has 500 valence electrons. The zero-order valence-corrected chi connectivity index (χ0v) is 56.2. The normalized spacial score (nSPS) is 22.0. The molecular weight excluding hydrogens is 1140 g/mol. The fourth-order valence-corrected chi connectivity index (χ4v) is 13.4. The van der Waals surface area contributed by atoms with E-state index in [-0.39, 0.29) is 12.5 Å². The fraction of sp³-hybridized carbons (Fsp3) is 0.894. The molecule has 2 heterocycles. The van der Waals surface area contributed by atoms with Gasteiger partial charge in [0.05, 0.1) is 6.61 Å². The first-order chi connectivity index (χ1) is 41.5. The number of carbonyl (C=O) groups excluding carboxylic acids is 7. The molecule has 20 heteroatoms. The van der Waals surface area contributed by atoms with Crippen LogP contribution in [0.15, 0.2) is 0 Å². The highest BCUT2D eigenvalue weighted by molar-refractivity contribution is 8.00. The standard InChI is InChI=1S/C66H116O18S2/c1-10-12-14-16-18-20-22-24-26-28-30-32-34-36-38-40-42-85-47-56(48-86-43-41-39-37-35-33-31-29-27-25-23-21-19-17-15-13-11-2)44-76-65-63(80-54(8)72)62(79-53(7)71)60(58(82-65)46-75-50(4)68)84-66-64(81-55(9)73)61(78-52(6)70)59(77-51(5)69)57(83-66)45-74-49(3)67/h56-66H,10-48H2,1-9H3/t57-,58-,59+,60-,61+,62+,63-,64-,65+,66+/m1/s1. The number of hydrogen-bond acceptors (Lipinski definition) is 20. The van der Waals surface area contributed by atoms with Crippen LogP contribution >= 0.6 is 23.5 Å². The van der Waals surface area contributed by atoms with Gasteiger partial charge in [-0.1, -0.05) is 206 Å². The molecule has 0 aromatic carbocycles. The first-order valence-electron chi connectivity index (χ1n) is 33.3. The van der Waals surface area contributed by atoms with Crippen molar-refractivity contribution >= 4 is 65.3 Å². The van der Waals surface area contributed by atoms with Crippen molar-refractivity contribution in [3.63, 3.8) is 0 Å². The topological polar surface area (TPSA) is 221 Å². The highest BCUT2D eigenvalue weighted by atomic mass is 32.2. The second kappa shape index (κ2) is 50.6. The van der Waals surface area contributed by atoms with Crippen LogP contribution in [0.25, 0.3) is 0 Å². The predicted molar refractivity (Wildman–Crippen MR) is 336 cm³/mol. The molecule has 0 unspecified atom stereocenters. The zero-order valence-electron chi connectivity index (χ0n) is 54.6. The van der Waals surface area contributed by atoms with Gasteiger partial charge >= 0.3 is 41.8 Å². The molecule has 0 saturated carbocycles. The molecule has 2 aliphatic heterocycles. The van der Waals surface area contributed by atoms with Crippen molar-refractivity contribution < 1.29 is 85.7 Å². The van der Waals surface area contributed by atoms with Gasteiger partial charge in [-0.05, 0) is 35.9 Å². The lowest BCUT2D eigenvalue weighted by atomic mass is 9.96. The van der Waals surface area contributed by atoms with Crippen LogP contribution in [0, 0.1) is 5.92 Å². The summed E-state index contributed by atoms with van der Waals surface area (Å²) in [5.41, 5.74) is 0. The summed E-state index contributed by atoms with van der Waals surface area (Å²) in [4.78, 5) is 88.5. The Kier molecular flexibility index (Phi) is 46.4. The quantitative estimate of drug-likeness (QED) is 0.0314. The maximum Gasteiger partial charge on any atom is 0.303 e. The van der Waals surface area contributed by atoms with Crippen LogP contribution in [0.1, 0.15) is 268 Å². The van der Waals surface area contributed by atoms with E-state index in [9.17, 15) is 33.6 Å². The molecule has 2 saturated heterocycles. The Morgan fingerprint density at radius 3 is 0.953 bits per heavy atom. The molecule has 0 amide bonds. The summed E-state index contributed by atoms with van der Waals surface area (Å²) < 4.78 is 65.3. The Morgan fingerprint density at radius 2 is 0.616 bits per heavy atom. The average Bonchev–Trinajstić information content (AvgIpc) is 0.933. The molecule has 0 N–H and O–H groups in total. The molecule has 2 fully saturated rings. The smallest absolute Gasteiger partial charge is 0.303 e. The van der Waals surface area contributed by atoms with E-state index in [2.05, 4.69) is 13.8 Å². The summed E-state index contributed by atoms with van der Waals surface area (Å²) in [5.74, 6) is -1.93. The molecule has 10 atom stereocenters. The van der Waals surface area contributed by atoms with E-state index in [1.54, 1.807) is 0 Å². The molecule has 0 radical (unpaired) electrons. The summed E-state index contributed by atoms with van der Waals surface area (Å²) in [6, 6.07) is 0. The van der Waals surface area contributed by atoms with Crippen LogP contribution in [-0.2, 0) is 85.7 Å². The third-order valence-corrected chi connectivity index (χ3v) is 17.9. The Balaban J connectivity index is 2.24. The Hall–Kier alpha value is -3.17. The molecule has 86 heavy (non-hydrogen) atoms. The molecule has 0 aromatic rings. The zero-order chi connectivity index (χ0) is 63.2. The summed E-state index contributed by atoms with van der Waals surface area (Å²) in [5, 5.41) is 0. The van der Waals surface area contributed by atoms with Gasteiger partial charge in [-0.2, -0.15) is 23.5 Å². The van der Waals surface area contributed by atoms with Crippen LogP contribution < -0.4 is 0 Å². The van der Waals surface area contributed by atoms with Crippen LogP contribution in [0.4, 0.5) is 0 Å². The van der Waals surface area contributed by atoms with Crippen molar-refractivity contribution in [2.24, 2.45) is 5.92 Å². The minimum atomic E-state index is -1.78. The number of ether oxygens (including phenoxy) is 11. The summed E-state index contributed by atoms with van der Waals surface area (Å²) in [6.07, 6.45) is 26.8. The number of rotatable bonds is 52. The van der Waals surface area contributed by atoms with Crippen molar-refractivity contribution in [1.29, 1.82) is 0 Å². The SMILES string of the molecule is CCCCCCCCCCCCCCCCCCSCC(CO[C@H]1O[C@H](COC(C)=O)[C@@H](O[C@@H]2O[C@H](COC(C)=O)[C@H](OC(C)=O)[C@H](OC(C)=O)[C@H]2OC(C)=O)[C@H](OC(C)=O)[C@H]1OC(C)=O)CSCCCCCCCCCCCCCCCCCC. The highest BCUT2D eigenvalue weighted by Crippen LogP contribution is 2.36. The molecular formula is C66H116O18S2. The van der Waals surface area contributed by atoms with Crippen LogP contribution in [0.5, 0.6) is 0 Å². The van der Waals surface area contributed by atoms with Crippen molar-refractivity contribution in [2.45, 2.75) is 329 Å². The van der Waals surface area contributed by atoms with Crippen molar-refractivity contribution in [1.82, 2.24) is 0 Å². The monoisotopic (exact) mass is 1260 g/mol. The summed E-state index contributed by atoms with van der Waals surface area (Å²) >= 11 is 3.78. The second-order valence-corrected chi connectivity index (χ2v) is 25.9. The molecule has 2 aliphatic rings. The van der Waals surface area contributed by atoms with Crippen LogP contribution in [-0.4, -0.2) is 146 Å². The average molecular weight is 1260 g/mol. The predicted octanol–water partition coefficient (Wildman–Crippen LogP) is 14.2. The first-order valence-corrected chi connectivity index (χ1v) is 35.6. The Morgan fingerprint density at radius 1 is 0.337 bits per heavy atom. The minimum absolute atomic E-state index is 0.0411. The van der Waals surface area contributed by atoms with Gasteiger partial charge < -0.3 is 52.1 Å². The van der Waals surface area contributed by atoms with Gasteiger partial charge in [0.1, 0.15) is 31.5 Å². The van der Waals surface area contributed by atoms with Gasteiger partial charge in [-0.3, -0.25) is 33.6 Å². The maximum absolute atomic E-state index is 13.1. The lowest BCUT2D eigenvalue weighted by Gasteiger charge is -2.48. The van der Waals surface area contributed by atoms with Gasteiger partial charge in [-0.15, -0.1) is 0 Å². The second-order valence-electron chi connectivity index (χ2n) is 23.6. The van der Waals surface area contributed by atoms with Gasteiger partial charge in [0, 0.05) is 54.4 Å². The molecule has 18 nitrogen and oxygen atoms in total. The van der Waals surface area contributed by atoms with Gasteiger partial charge in [0.25, 0.3) is 0 Å². The highest BCUT2D eigenvalue weighted by Gasteiger charge is 2.57. The molecule has 0 aromatic heterocycles. The van der Waals surface area contributed by atoms with Crippen molar-refractivity contribution in [3.8, 4) is 0 Å². The molecule has 0 aliphatic carbocycles. The van der Waals surface area contributed by atoms with Crippen molar-refractivity contribution in [3.05, 3.63) is 0 Å². The third-order valence-electron chi connectivity index (χ3n) is 15.4. The summed E-state index contributed by atoms with van der Waals surface area (Å²) in [6.45, 7) is 11.6. The van der Waals surface area contributed by atoms with E-state index in [0.29, 0.717) is 0 Å². The van der Waals surface area contributed by atoms with E-state index in [0.717, 1.165) is 70.5 Å². The van der Waals surface area contributed by atoms with Crippen molar-refractivity contribution in [2.75, 3.05) is 42.8 Å². The van der Waals surface area contributed by atoms with E-state index >= 15 is 0 Å². The van der Waals surface area contributed by atoms with Gasteiger partial charge in [-0.25, -0.2) is 0 Å². The Labute approximate surface area is 526 Å². The fourth-order valence-electron chi connectivity index (χ4n) is 11.0. The van der Waals surface area contributed by atoms with E-state index < -0.39 is 116 Å². The van der Waals surface area contributed by atoms with Gasteiger partial charge in [0.15, 0.2) is 43.1 Å². The first kappa shape index (κ1) is 78.9. The minimum Gasteiger partial charge on any atom is -0.463 e. The number of esters is 7. The Bertz CT molecular complexity index is 1780. The molecule has 0 bridgehead atoms. The lowest BCUT2D eigenvalue weighted by Crippen LogP contribution is -2.67. The van der Waals surface area contributed by atoms with Gasteiger partial charge in [0.2, 0.25) is 0 Å². The van der Waals surface area contributed by atoms with E-state index in [1.807, 2.05) is 23.5 Å². The summed E-state index contributed by atoms with van der Waals surface area (Å²) in [7, 11) is 0. The number of thioether (sulfide) groups is 2. The lowest BCUT2D eigenvalue weighted by molar-refractivity contribution is -0.361. The van der Waals surface area contributed by atoms with Crippen LogP contribution in [0.3, 0.4) is 0 Å². The number of hydrogen-bond donors (Lipinski definition) is 0. The van der Waals surface area contributed by atoms with Crippen LogP contribution in [0.2, 0.25) is 0 Å². The third kappa shape index (κ3) is 38.4. The van der Waals surface area contributed by atoms with E-state index in [1.165, 1.54) is 206 Å². The largest absolute Gasteiger partial charge is 0.463 e. The molecule has 0 spiro atoms. The number of carbonyl (C=O) groups is 7. The number of unbranched alkanes of at least 4 members (excludes halogenated alkanes) is 30. The maximum atomic E-state index is 13.1.